The first-order valence-corrected chi connectivity index (χ1v) is 6.78. The molecule has 0 spiro atoms. The van der Waals surface area contributed by atoms with Gasteiger partial charge in [0.15, 0.2) is 0 Å². The predicted octanol–water partition coefficient (Wildman–Crippen LogP) is 2.12. The molecule has 1 aliphatic rings. The lowest BCUT2D eigenvalue weighted by Crippen LogP contribution is -2.48. The summed E-state index contributed by atoms with van der Waals surface area (Å²) in [6.07, 6.45) is 5.13. The molecule has 0 aromatic carbocycles. The van der Waals surface area contributed by atoms with Crippen molar-refractivity contribution >= 4 is 12.0 Å². The largest absolute Gasteiger partial charge is 0.481 e. The molecule has 1 rings (SSSR count). The van der Waals surface area contributed by atoms with Gasteiger partial charge in [-0.2, -0.15) is 0 Å². The van der Waals surface area contributed by atoms with Crippen LogP contribution in [0, 0.1) is 5.41 Å². The zero-order valence-electron chi connectivity index (χ0n) is 11.3. The number of carboxylic acids is 1. The third kappa shape index (κ3) is 3.89. The van der Waals surface area contributed by atoms with E-state index in [-0.39, 0.29) is 18.6 Å². The number of hydrogen-bond donors (Lipinski definition) is 3. The van der Waals surface area contributed by atoms with Crippen LogP contribution in [0.4, 0.5) is 4.79 Å². The number of rotatable bonds is 5. The van der Waals surface area contributed by atoms with Crippen molar-refractivity contribution in [3.8, 4) is 0 Å². The molecule has 1 aliphatic carbocycles. The van der Waals surface area contributed by atoms with Gasteiger partial charge in [-0.25, -0.2) is 4.79 Å². The highest BCUT2D eigenvalue weighted by atomic mass is 16.4. The number of hydrogen-bond acceptors (Lipinski definition) is 2. The highest BCUT2D eigenvalue weighted by Gasteiger charge is 2.39. The van der Waals surface area contributed by atoms with E-state index in [1.807, 2.05) is 13.8 Å². The number of aliphatic carboxylic acids is 1. The van der Waals surface area contributed by atoms with Crippen molar-refractivity contribution in [3.63, 3.8) is 0 Å². The van der Waals surface area contributed by atoms with E-state index in [2.05, 4.69) is 10.6 Å². The van der Waals surface area contributed by atoms with Gasteiger partial charge in [-0.3, -0.25) is 4.79 Å². The fraction of sp³-hybridized carbons (Fsp3) is 0.846. The summed E-state index contributed by atoms with van der Waals surface area (Å²) in [5.41, 5.74) is -0.759. The Morgan fingerprint density at radius 1 is 1.28 bits per heavy atom. The second kappa shape index (κ2) is 6.61. The van der Waals surface area contributed by atoms with Gasteiger partial charge >= 0.3 is 12.0 Å². The molecular formula is C13H24N2O3. The van der Waals surface area contributed by atoms with Crippen LogP contribution in [0.25, 0.3) is 0 Å². The maximum atomic E-state index is 11.6. The van der Waals surface area contributed by atoms with Crippen molar-refractivity contribution in [1.29, 1.82) is 0 Å². The molecule has 0 saturated heterocycles. The van der Waals surface area contributed by atoms with Gasteiger partial charge in [0, 0.05) is 12.6 Å². The molecule has 0 heterocycles. The maximum absolute atomic E-state index is 11.6. The van der Waals surface area contributed by atoms with Gasteiger partial charge in [-0.15, -0.1) is 0 Å². The molecule has 3 N–H and O–H groups in total. The van der Waals surface area contributed by atoms with Crippen LogP contribution in [-0.4, -0.2) is 29.7 Å². The summed E-state index contributed by atoms with van der Waals surface area (Å²) in [4.78, 5) is 23.0. The topological polar surface area (TPSA) is 78.4 Å². The van der Waals surface area contributed by atoms with Gasteiger partial charge in [0.2, 0.25) is 0 Å². The first kappa shape index (κ1) is 14.8. The van der Waals surface area contributed by atoms with Crippen LogP contribution < -0.4 is 10.6 Å². The van der Waals surface area contributed by atoms with E-state index in [1.165, 1.54) is 0 Å². The Morgan fingerprint density at radius 2 is 1.89 bits per heavy atom. The number of carbonyl (C=O) groups excluding carboxylic acids is 1. The van der Waals surface area contributed by atoms with E-state index in [0.717, 1.165) is 25.7 Å². The average Bonchev–Trinajstić information content (AvgIpc) is 2.37. The molecule has 1 fully saturated rings. The summed E-state index contributed by atoms with van der Waals surface area (Å²) >= 11 is 0. The fourth-order valence-electron chi connectivity index (χ4n) is 2.32. The van der Waals surface area contributed by atoms with Crippen LogP contribution in [-0.2, 0) is 4.79 Å². The molecule has 1 unspecified atom stereocenters. The number of urea groups is 1. The van der Waals surface area contributed by atoms with E-state index in [0.29, 0.717) is 12.8 Å². The Morgan fingerprint density at radius 3 is 2.39 bits per heavy atom. The van der Waals surface area contributed by atoms with Crippen molar-refractivity contribution < 1.29 is 14.7 Å². The van der Waals surface area contributed by atoms with Crippen LogP contribution in [0.15, 0.2) is 0 Å². The molecule has 0 radical (unpaired) electrons. The number of nitrogens with one attached hydrogen (secondary N) is 2. The minimum atomic E-state index is -0.786. The van der Waals surface area contributed by atoms with Crippen molar-refractivity contribution in [2.24, 2.45) is 5.41 Å². The monoisotopic (exact) mass is 256 g/mol. The SMILES string of the molecule is CCC(C)NC(=O)NCC1(C(=O)O)CCCCC1. The third-order valence-electron chi connectivity index (χ3n) is 3.84. The van der Waals surface area contributed by atoms with Crippen molar-refractivity contribution in [1.82, 2.24) is 10.6 Å². The van der Waals surface area contributed by atoms with E-state index >= 15 is 0 Å². The summed E-state index contributed by atoms with van der Waals surface area (Å²) in [7, 11) is 0. The summed E-state index contributed by atoms with van der Waals surface area (Å²) in [6, 6.07) is -0.160. The lowest BCUT2D eigenvalue weighted by atomic mass is 9.74. The molecule has 104 valence electrons. The number of amides is 2. The van der Waals surface area contributed by atoms with Crippen LogP contribution in [0.5, 0.6) is 0 Å². The zero-order valence-corrected chi connectivity index (χ0v) is 11.3. The second-order valence-electron chi connectivity index (χ2n) is 5.28. The minimum Gasteiger partial charge on any atom is -0.481 e. The molecule has 5 nitrogen and oxygen atoms in total. The van der Waals surface area contributed by atoms with E-state index in [9.17, 15) is 14.7 Å². The number of carboxylic acid groups (broad SMARTS) is 1. The van der Waals surface area contributed by atoms with Crippen LogP contribution in [0.3, 0.4) is 0 Å². The quantitative estimate of drug-likeness (QED) is 0.705. The normalized spacial score (nSPS) is 19.9. The summed E-state index contributed by atoms with van der Waals surface area (Å²) in [5, 5.41) is 14.8. The standard InChI is InChI=1S/C13H24N2O3/c1-3-10(2)15-12(18)14-9-13(11(16)17)7-5-4-6-8-13/h10H,3-9H2,1-2H3,(H,16,17)(H2,14,15,18). The fourth-order valence-corrected chi connectivity index (χ4v) is 2.32. The van der Waals surface area contributed by atoms with Crippen LogP contribution in [0.2, 0.25) is 0 Å². The molecule has 0 aromatic rings. The maximum Gasteiger partial charge on any atom is 0.315 e. The van der Waals surface area contributed by atoms with Gasteiger partial charge in [-0.1, -0.05) is 26.2 Å². The first-order chi connectivity index (χ1) is 8.50. The minimum absolute atomic E-state index is 0.108. The lowest BCUT2D eigenvalue weighted by molar-refractivity contribution is -0.150. The van der Waals surface area contributed by atoms with E-state index in [4.69, 9.17) is 0 Å². The predicted molar refractivity (Wildman–Crippen MR) is 69.4 cm³/mol. The Hall–Kier alpha value is -1.26. The highest BCUT2D eigenvalue weighted by molar-refractivity contribution is 5.78. The van der Waals surface area contributed by atoms with Gasteiger partial charge in [-0.05, 0) is 26.2 Å². The molecule has 0 aliphatic heterocycles. The first-order valence-electron chi connectivity index (χ1n) is 6.78. The molecular weight excluding hydrogens is 232 g/mol. The third-order valence-corrected chi connectivity index (χ3v) is 3.84. The molecule has 0 aromatic heterocycles. The summed E-state index contributed by atoms with van der Waals surface area (Å²) < 4.78 is 0. The number of carbonyl (C=O) groups is 2. The van der Waals surface area contributed by atoms with Gasteiger partial charge in [0.1, 0.15) is 0 Å². The van der Waals surface area contributed by atoms with E-state index < -0.39 is 11.4 Å². The Bertz CT molecular complexity index is 299. The zero-order chi connectivity index (χ0) is 13.6. The molecule has 1 saturated carbocycles. The van der Waals surface area contributed by atoms with Gasteiger partial charge in [0.05, 0.1) is 5.41 Å². The molecule has 0 bridgehead atoms. The molecule has 1 atom stereocenters. The van der Waals surface area contributed by atoms with Gasteiger partial charge in [0.25, 0.3) is 0 Å². The van der Waals surface area contributed by atoms with Crippen LogP contribution in [0.1, 0.15) is 52.4 Å². The second-order valence-corrected chi connectivity index (χ2v) is 5.28. The smallest absolute Gasteiger partial charge is 0.315 e. The summed E-state index contributed by atoms with van der Waals surface area (Å²) in [5.74, 6) is -0.786. The van der Waals surface area contributed by atoms with Crippen molar-refractivity contribution in [2.45, 2.75) is 58.4 Å². The van der Waals surface area contributed by atoms with E-state index in [1.54, 1.807) is 0 Å². The Balaban J connectivity index is 2.47. The Kier molecular flexibility index (Phi) is 5.44. The van der Waals surface area contributed by atoms with Crippen LogP contribution >= 0.6 is 0 Å². The van der Waals surface area contributed by atoms with Crippen molar-refractivity contribution in [3.05, 3.63) is 0 Å². The Labute approximate surface area is 108 Å². The summed E-state index contributed by atoms with van der Waals surface area (Å²) in [6.45, 7) is 4.14. The molecule has 18 heavy (non-hydrogen) atoms. The lowest BCUT2D eigenvalue weighted by Gasteiger charge is -2.33. The van der Waals surface area contributed by atoms with Crippen molar-refractivity contribution in [2.75, 3.05) is 6.54 Å². The van der Waals surface area contributed by atoms with Gasteiger partial charge < -0.3 is 15.7 Å². The average molecular weight is 256 g/mol. The highest BCUT2D eigenvalue weighted by Crippen LogP contribution is 2.35. The molecule has 2 amide bonds. The molecule has 5 heteroatoms.